The molecular weight excluding hydrogens is 446 g/mol. The minimum absolute atomic E-state index is 0.202. The van der Waals surface area contributed by atoms with Crippen LogP contribution in [0.4, 0.5) is 5.13 Å². The van der Waals surface area contributed by atoms with E-state index in [2.05, 4.69) is 10.3 Å². The SMILES string of the molecule is Cc1sc(NC(=O)[C@H](Cc2ccccc2)N2C(=O)c3ccccc3C2=O)nc1-c1ccccc1. The van der Waals surface area contributed by atoms with E-state index in [-0.39, 0.29) is 6.42 Å². The number of aromatic nitrogens is 1. The molecule has 7 heteroatoms. The van der Waals surface area contributed by atoms with Gasteiger partial charge in [0.05, 0.1) is 16.8 Å². The number of anilines is 1. The van der Waals surface area contributed by atoms with Crippen LogP contribution in [-0.4, -0.2) is 33.6 Å². The average molecular weight is 468 g/mol. The molecule has 1 aliphatic heterocycles. The number of benzene rings is 3. The second kappa shape index (κ2) is 9.03. The molecular formula is C27H21N3O3S. The van der Waals surface area contributed by atoms with E-state index >= 15 is 0 Å². The lowest BCUT2D eigenvalue weighted by Gasteiger charge is -2.25. The predicted octanol–water partition coefficient (Wildman–Crippen LogP) is 4.96. The first-order chi connectivity index (χ1) is 16.5. The van der Waals surface area contributed by atoms with E-state index in [9.17, 15) is 14.4 Å². The summed E-state index contributed by atoms with van der Waals surface area (Å²) in [6.07, 6.45) is 0.202. The zero-order valence-electron chi connectivity index (χ0n) is 18.4. The maximum atomic E-state index is 13.5. The molecule has 1 atom stereocenters. The Morgan fingerprint density at radius 3 is 2.06 bits per heavy atom. The summed E-state index contributed by atoms with van der Waals surface area (Å²) in [6, 6.07) is 24.7. The Labute approximate surface area is 200 Å². The average Bonchev–Trinajstić information content (AvgIpc) is 3.35. The summed E-state index contributed by atoms with van der Waals surface area (Å²) < 4.78 is 0. The normalized spacial score (nSPS) is 13.6. The highest BCUT2D eigenvalue weighted by molar-refractivity contribution is 7.16. The van der Waals surface area contributed by atoms with Crippen LogP contribution in [0.1, 0.15) is 31.2 Å². The monoisotopic (exact) mass is 467 g/mol. The predicted molar refractivity (Wildman–Crippen MR) is 132 cm³/mol. The van der Waals surface area contributed by atoms with Crippen molar-refractivity contribution in [2.75, 3.05) is 5.32 Å². The Balaban J connectivity index is 1.46. The van der Waals surface area contributed by atoms with Crippen molar-refractivity contribution in [3.05, 3.63) is 106 Å². The first-order valence-corrected chi connectivity index (χ1v) is 11.7. The molecule has 1 aromatic heterocycles. The molecule has 0 unspecified atom stereocenters. The van der Waals surface area contributed by atoms with Crippen LogP contribution in [0, 0.1) is 6.92 Å². The van der Waals surface area contributed by atoms with Gasteiger partial charge in [0.2, 0.25) is 5.91 Å². The van der Waals surface area contributed by atoms with E-state index in [1.165, 1.54) is 11.3 Å². The molecule has 4 aromatic rings. The molecule has 0 radical (unpaired) electrons. The summed E-state index contributed by atoms with van der Waals surface area (Å²) in [6.45, 7) is 1.95. The fraction of sp³-hybridized carbons (Fsp3) is 0.111. The molecule has 0 bridgehead atoms. The number of aryl methyl sites for hydroxylation is 1. The topological polar surface area (TPSA) is 79.4 Å². The van der Waals surface area contributed by atoms with Crippen LogP contribution in [0.2, 0.25) is 0 Å². The van der Waals surface area contributed by atoms with Gasteiger partial charge in [-0.2, -0.15) is 0 Å². The molecule has 3 aromatic carbocycles. The molecule has 0 aliphatic carbocycles. The third-order valence-corrected chi connectivity index (χ3v) is 6.67. The zero-order valence-corrected chi connectivity index (χ0v) is 19.2. The van der Waals surface area contributed by atoms with Crippen LogP contribution in [0.5, 0.6) is 0 Å². The van der Waals surface area contributed by atoms with E-state index in [4.69, 9.17) is 0 Å². The maximum Gasteiger partial charge on any atom is 0.262 e. The molecule has 1 aliphatic rings. The fourth-order valence-electron chi connectivity index (χ4n) is 4.13. The van der Waals surface area contributed by atoms with Gasteiger partial charge in [-0.05, 0) is 24.6 Å². The number of fused-ring (bicyclic) bond motifs is 1. The Hall–Kier alpha value is -4.10. The van der Waals surface area contributed by atoms with Gasteiger partial charge in [-0.3, -0.25) is 19.3 Å². The van der Waals surface area contributed by atoms with Crippen molar-refractivity contribution in [2.45, 2.75) is 19.4 Å². The van der Waals surface area contributed by atoms with Gasteiger partial charge in [0.1, 0.15) is 6.04 Å². The summed E-state index contributed by atoms with van der Waals surface area (Å²) in [5.74, 6) is -1.37. The van der Waals surface area contributed by atoms with Gasteiger partial charge < -0.3 is 5.32 Å². The second-order valence-electron chi connectivity index (χ2n) is 8.01. The molecule has 168 valence electrons. The van der Waals surface area contributed by atoms with Crippen molar-refractivity contribution in [2.24, 2.45) is 0 Å². The van der Waals surface area contributed by atoms with Crippen molar-refractivity contribution < 1.29 is 14.4 Å². The van der Waals surface area contributed by atoms with Crippen LogP contribution in [-0.2, 0) is 11.2 Å². The molecule has 0 saturated carbocycles. The molecule has 0 saturated heterocycles. The van der Waals surface area contributed by atoms with Crippen molar-refractivity contribution in [1.82, 2.24) is 9.88 Å². The van der Waals surface area contributed by atoms with Gasteiger partial charge in [0, 0.05) is 16.9 Å². The highest BCUT2D eigenvalue weighted by Crippen LogP contribution is 2.31. The number of thiazole rings is 1. The van der Waals surface area contributed by atoms with Gasteiger partial charge in [0.15, 0.2) is 5.13 Å². The highest BCUT2D eigenvalue weighted by Gasteiger charge is 2.42. The number of carbonyl (C=O) groups is 3. The Kier molecular flexibility index (Phi) is 5.77. The molecule has 34 heavy (non-hydrogen) atoms. The Morgan fingerprint density at radius 1 is 0.882 bits per heavy atom. The van der Waals surface area contributed by atoms with E-state index in [1.54, 1.807) is 24.3 Å². The molecule has 0 spiro atoms. The van der Waals surface area contributed by atoms with E-state index in [0.717, 1.165) is 26.6 Å². The third-order valence-electron chi connectivity index (χ3n) is 5.79. The maximum absolute atomic E-state index is 13.5. The van der Waals surface area contributed by atoms with Gasteiger partial charge >= 0.3 is 0 Å². The van der Waals surface area contributed by atoms with Gasteiger partial charge in [0.25, 0.3) is 11.8 Å². The van der Waals surface area contributed by atoms with Crippen molar-refractivity contribution in [3.8, 4) is 11.3 Å². The van der Waals surface area contributed by atoms with E-state index in [0.29, 0.717) is 16.3 Å². The summed E-state index contributed by atoms with van der Waals surface area (Å²) in [5, 5.41) is 3.29. The highest BCUT2D eigenvalue weighted by atomic mass is 32.1. The molecule has 5 rings (SSSR count). The molecule has 1 N–H and O–H groups in total. The molecule has 2 heterocycles. The van der Waals surface area contributed by atoms with Crippen LogP contribution in [0.25, 0.3) is 11.3 Å². The van der Waals surface area contributed by atoms with Crippen molar-refractivity contribution in [3.63, 3.8) is 0 Å². The van der Waals surface area contributed by atoms with Crippen molar-refractivity contribution in [1.29, 1.82) is 0 Å². The summed E-state index contributed by atoms with van der Waals surface area (Å²) >= 11 is 1.36. The van der Waals surface area contributed by atoms with Gasteiger partial charge in [-0.1, -0.05) is 72.8 Å². The smallest absolute Gasteiger partial charge is 0.262 e. The number of imide groups is 1. The Morgan fingerprint density at radius 2 is 1.44 bits per heavy atom. The van der Waals surface area contributed by atoms with Crippen LogP contribution in [0.3, 0.4) is 0 Å². The second-order valence-corrected chi connectivity index (χ2v) is 9.21. The minimum atomic E-state index is -1.01. The van der Waals surface area contributed by atoms with Crippen LogP contribution < -0.4 is 5.32 Å². The Bertz CT molecular complexity index is 1350. The minimum Gasteiger partial charge on any atom is -0.300 e. The number of rotatable bonds is 6. The largest absolute Gasteiger partial charge is 0.300 e. The van der Waals surface area contributed by atoms with Crippen LogP contribution >= 0.6 is 11.3 Å². The lowest BCUT2D eigenvalue weighted by Crippen LogP contribution is -2.48. The molecule has 0 fully saturated rings. The lowest BCUT2D eigenvalue weighted by atomic mass is 10.0. The first kappa shape index (κ1) is 21.7. The molecule has 3 amide bonds. The number of amides is 3. The lowest BCUT2D eigenvalue weighted by molar-refractivity contribution is -0.119. The summed E-state index contributed by atoms with van der Waals surface area (Å²) in [5.41, 5.74) is 3.23. The summed E-state index contributed by atoms with van der Waals surface area (Å²) in [4.78, 5) is 46.5. The first-order valence-electron chi connectivity index (χ1n) is 10.9. The zero-order chi connectivity index (χ0) is 23.7. The standard InChI is InChI=1S/C27H21N3O3S/c1-17-23(19-12-6-3-7-13-19)28-27(34-17)29-24(31)22(16-18-10-4-2-5-11-18)30-25(32)20-14-8-9-15-21(20)26(30)33/h2-15,22H,16H2,1H3,(H,28,29,31)/t22-/m0/s1. The quantitative estimate of drug-likeness (QED) is 0.406. The number of nitrogens with zero attached hydrogens (tertiary/aromatic N) is 2. The number of hydrogen-bond acceptors (Lipinski definition) is 5. The van der Waals surface area contributed by atoms with E-state index in [1.807, 2.05) is 67.6 Å². The number of carbonyl (C=O) groups excluding carboxylic acids is 3. The van der Waals surface area contributed by atoms with Crippen LogP contribution in [0.15, 0.2) is 84.9 Å². The fourth-order valence-corrected chi connectivity index (χ4v) is 4.97. The van der Waals surface area contributed by atoms with Gasteiger partial charge in [-0.15, -0.1) is 11.3 Å². The summed E-state index contributed by atoms with van der Waals surface area (Å²) in [7, 11) is 0. The van der Waals surface area contributed by atoms with Crippen molar-refractivity contribution >= 4 is 34.2 Å². The number of nitrogens with one attached hydrogen (secondary N) is 1. The molecule has 6 nitrogen and oxygen atoms in total. The number of hydrogen-bond donors (Lipinski definition) is 1. The van der Waals surface area contributed by atoms with E-state index < -0.39 is 23.8 Å². The third kappa shape index (κ3) is 4.02. The van der Waals surface area contributed by atoms with Gasteiger partial charge in [-0.25, -0.2) is 4.98 Å².